The highest BCUT2D eigenvalue weighted by Crippen LogP contribution is 2.17. The van der Waals surface area contributed by atoms with Crippen molar-refractivity contribution in [3.05, 3.63) is 146 Å². The zero-order valence-electron chi connectivity index (χ0n) is 59.2. The number of carbonyl (C=O) groups is 3. The SMILES string of the molecule is CC/C=C\C/C=C\C/C=C\C/C=C\C/C=C\C/C=C\CCCCCCCCCCCCCCCCCCCCC(=O)OC(COC(=O)CCCCCCCCCCCC/C=C\C/C=C\C/C=C\C/C=C\C/C=C\C/C=C\CC)COC(OCC[N+](C)(C)C)C(=O)[O-]. The van der Waals surface area contributed by atoms with Gasteiger partial charge in [0.25, 0.3) is 0 Å². The molecule has 2 unspecified atom stereocenters. The molecule has 9 nitrogen and oxygen atoms in total. The molecule has 0 heterocycles. The Hall–Kier alpha value is -4.83. The quantitative estimate of drug-likeness (QED) is 0.0195. The highest BCUT2D eigenvalue weighted by atomic mass is 16.7. The molecule has 0 bridgehead atoms. The summed E-state index contributed by atoms with van der Waals surface area (Å²) >= 11 is 0. The predicted molar refractivity (Wildman–Crippen MR) is 389 cm³/mol. The van der Waals surface area contributed by atoms with E-state index in [4.69, 9.17) is 18.9 Å². The van der Waals surface area contributed by atoms with Crippen molar-refractivity contribution in [3.8, 4) is 0 Å². The van der Waals surface area contributed by atoms with Crippen LogP contribution in [0.4, 0.5) is 0 Å². The van der Waals surface area contributed by atoms with Gasteiger partial charge in [-0.05, 0) is 116 Å². The minimum absolute atomic E-state index is 0.142. The van der Waals surface area contributed by atoms with Crippen LogP contribution in [0.2, 0.25) is 0 Å². The average Bonchev–Trinajstić information content (AvgIpc) is 3.50. The Morgan fingerprint density at radius 1 is 0.330 bits per heavy atom. The van der Waals surface area contributed by atoms with E-state index < -0.39 is 24.3 Å². The molecule has 0 radical (unpaired) electrons. The number of esters is 2. The molecule has 0 spiro atoms. The lowest BCUT2D eigenvalue weighted by Crippen LogP contribution is -2.44. The molecule has 0 aliphatic rings. The number of aliphatic carboxylic acids is 1. The van der Waals surface area contributed by atoms with Gasteiger partial charge < -0.3 is 33.3 Å². The Kier molecular flexibility index (Phi) is 67.3. The van der Waals surface area contributed by atoms with E-state index in [9.17, 15) is 19.5 Å². The third kappa shape index (κ3) is 72.5. The average molecular weight is 1260 g/mol. The minimum atomic E-state index is -1.63. The van der Waals surface area contributed by atoms with E-state index in [0.717, 1.165) is 128 Å². The smallest absolute Gasteiger partial charge is 0.306 e. The van der Waals surface area contributed by atoms with Crippen molar-refractivity contribution in [3.63, 3.8) is 0 Å². The summed E-state index contributed by atoms with van der Waals surface area (Å²) in [4.78, 5) is 37.6. The molecule has 9 heteroatoms. The molecule has 0 aromatic heterocycles. The molecule has 0 amide bonds. The Bertz CT molecular complexity index is 2010. The Labute approximate surface area is 560 Å². The summed E-state index contributed by atoms with van der Waals surface area (Å²) in [5, 5.41) is 11.8. The molecule has 0 saturated heterocycles. The summed E-state index contributed by atoms with van der Waals surface area (Å²) in [6.45, 7) is 4.53. The number of allylic oxidation sites excluding steroid dienone is 24. The van der Waals surface area contributed by atoms with Gasteiger partial charge in [-0.25, -0.2) is 0 Å². The van der Waals surface area contributed by atoms with Crippen LogP contribution in [-0.4, -0.2) is 82.3 Å². The second-order valence-corrected chi connectivity index (χ2v) is 25.5. The Morgan fingerprint density at radius 2 is 0.593 bits per heavy atom. The van der Waals surface area contributed by atoms with Crippen LogP contribution >= 0.6 is 0 Å². The Morgan fingerprint density at radius 3 is 0.879 bits per heavy atom. The largest absolute Gasteiger partial charge is 0.545 e. The lowest BCUT2D eigenvalue weighted by atomic mass is 10.0. The van der Waals surface area contributed by atoms with Crippen molar-refractivity contribution < 1.29 is 42.9 Å². The number of unbranched alkanes of at least 4 members (excludes halogenated alkanes) is 28. The van der Waals surface area contributed by atoms with Gasteiger partial charge in [-0.15, -0.1) is 0 Å². The second kappa shape index (κ2) is 71.0. The van der Waals surface area contributed by atoms with Crippen molar-refractivity contribution in [2.24, 2.45) is 0 Å². The van der Waals surface area contributed by atoms with E-state index in [1.807, 2.05) is 21.1 Å². The van der Waals surface area contributed by atoms with E-state index in [0.29, 0.717) is 17.4 Å². The number of hydrogen-bond donors (Lipinski definition) is 0. The number of likely N-dealkylation sites (N-methyl/N-ethyl adjacent to an activating group) is 1. The molecular formula is C82H137NO8. The third-order valence-electron chi connectivity index (χ3n) is 15.6. The van der Waals surface area contributed by atoms with Crippen LogP contribution in [0, 0.1) is 0 Å². The standard InChI is InChI=1S/C82H137NO8/c1-6-8-10-12-14-16-18-20-22-24-26-28-30-32-34-36-37-38-39-40-41-42-43-45-47-49-51-53-55-57-59-61-63-65-67-69-71-73-80(85)91-78(77-90-82(81(86)87)88-75-74-83(3,4)5)76-89-79(84)72-70-68-66-64-62-60-58-56-54-52-50-48-46-44-35-33-31-29-27-25-23-21-19-17-15-13-11-9-7-2/h8-11,14-17,20-23,26-29,32-35,37-38,46,48,78,82H,6-7,12-13,18-19,24-25,30-31,36,39-45,47,49-77H2,1-5H3/b10-8-,11-9-,16-14-,17-15-,22-20-,23-21-,28-26-,29-27-,34-32-,35-33-,38-37-,48-46-. The number of carboxylic acid groups (broad SMARTS) is 1. The van der Waals surface area contributed by atoms with Crippen molar-refractivity contribution >= 4 is 17.9 Å². The molecule has 0 aromatic carbocycles. The fraction of sp³-hybridized carbons (Fsp3) is 0.671. The molecule has 2 atom stereocenters. The summed E-state index contributed by atoms with van der Waals surface area (Å²) in [5.41, 5.74) is 0. The number of rotatable bonds is 67. The van der Waals surface area contributed by atoms with Crippen LogP contribution in [0.3, 0.4) is 0 Å². The zero-order chi connectivity index (χ0) is 66.1. The summed E-state index contributed by atoms with van der Waals surface area (Å²) in [6.07, 6.45) is 101. The highest BCUT2D eigenvalue weighted by molar-refractivity contribution is 5.70. The third-order valence-corrected chi connectivity index (χ3v) is 15.6. The number of hydrogen-bond acceptors (Lipinski definition) is 8. The molecule has 0 aliphatic carbocycles. The first-order valence-electron chi connectivity index (χ1n) is 37.0. The van der Waals surface area contributed by atoms with Gasteiger partial charge in [0.05, 0.1) is 40.3 Å². The monoisotopic (exact) mass is 1260 g/mol. The first-order chi connectivity index (χ1) is 44.6. The molecule has 518 valence electrons. The minimum Gasteiger partial charge on any atom is -0.545 e. The number of carbonyl (C=O) groups excluding carboxylic acids is 3. The lowest BCUT2D eigenvalue weighted by molar-refractivity contribution is -0.870. The first kappa shape index (κ1) is 86.2. The second-order valence-electron chi connectivity index (χ2n) is 25.5. The van der Waals surface area contributed by atoms with Gasteiger partial charge in [-0.3, -0.25) is 9.59 Å². The van der Waals surface area contributed by atoms with Gasteiger partial charge in [-0.2, -0.15) is 0 Å². The maximum Gasteiger partial charge on any atom is 0.306 e. The molecule has 0 saturated carbocycles. The molecule has 0 rings (SSSR count). The van der Waals surface area contributed by atoms with Crippen LogP contribution in [0.5, 0.6) is 0 Å². The first-order valence-corrected chi connectivity index (χ1v) is 37.0. The van der Waals surface area contributed by atoms with Crippen molar-refractivity contribution in [1.29, 1.82) is 0 Å². The molecule has 0 aliphatic heterocycles. The van der Waals surface area contributed by atoms with Crippen LogP contribution in [0.1, 0.15) is 296 Å². The van der Waals surface area contributed by atoms with Crippen molar-refractivity contribution in [2.45, 2.75) is 309 Å². The number of carboxylic acids is 1. The number of nitrogens with zero attached hydrogens (tertiary/aromatic N) is 1. The van der Waals surface area contributed by atoms with Gasteiger partial charge in [0, 0.05) is 12.8 Å². The Balaban J connectivity index is 4.10. The zero-order valence-corrected chi connectivity index (χ0v) is 59.2. The number of ether oxygens (including phenoxy) is 4. The molecule has 0 aromatic rings. The van der Waals surface area contributed by atoms with Crippen LogP contribution in [0.25, 0.3) is 0 Å². The topological polar surface area (TPSA) is 111 Å². The predicted octanol–water partition coefficient (Wildman–Crippen LogP) is 22.1. The van der Waals surface area contributed by atoms with Gasteiger partial charge >= 0.3 is 11.9 Å². The van der Waals surface area contributed by atoms with Crippen LogP contribution in [-0.2, 0) is 33.3 Å². The maximum absolute atomic E-state index is 13.0. The van der Waals surface area contributed by atoms with E-state index in [1.54, 1.807) is 0 Å². The highest BCUT2D eigenvalue weighted by Gasteiger charge is 2.22. The molecule has 0 fully saturated rings. The van der Waals surface area contributed by atoms with E-state index in [1.165, 1.54) is 135 Å². The summed E-state index contributed by atoms with van der Waals surface area (Å²) in [5.74, 6) is -2.29. The fourth-order valence-electron chi connectivity index (χ4n) is 10.0. The van der Waals surface area contributed by atoms with Crippen molar-refractivity contribution in [2.75, 3.05) is 47.5 Å². The van der Waals surface area contributed by atoms with Crippen LogP contribution in [0.15, 0.2) is 146 Å². The van der Waals surface area contributed by atoms with E-state index in [2.05, 4.69) is 160 Å². The number of quaternary nitrogens is 1. The van der Waals surface area contributed by atoms with Gasteiger partial charge in [-0.1, -0.05) is 314 Å². The van der Waals surface area contributed by atoms with E-state index >= 15 is 0 Å². The van der Waals surface area contributed by atoms with E-state index in [-0.39, 0.29) is 38.6 Å². The van der Waals surface area contributed by atoms with Gasteiger partial charge in [0.15, 0.2) is 12.4 Å². The fourth-order valence-corrected chi connectivity index (χ4v) is 10.0. The van der Waals surface area contributed by atoms with Gasteiger partial charge in [0.2, 0.25) is 0 Å². The van der Waals surface area contributed by atoms with Crippen molar-refractivity contribution in [1.82, 2.24) is 0 Å². The summed E-state index contributed by atoms with van der Waals surface area (Å²) in [7, 11) is 5.93. The maximum atomic E-state index is 13.0. The molecule has 0 N–H and O–H groups in total. The van der Waals surface area contributed by atoms with Gasteiger partial charge in [0.1, 0.15) is 13.2 Å². The summed E-state index contributed by atoms with van der Waals surface area (Å²) < 4.78 is 22.8. The molecule has 91 heavy (non-hydrogen) atoms. The lowest BCUT2D eigenvalue weighted by Gasteiger charge is -2.26. The van der Waals surface area contributed by atoms with Crippen LogP contribution < -0.4 is 5.11 Å². The molecular weight excluding hydrogens is 1130 g/mol. The normalized spacial score (nSPS) is 13.5. The summed E-state index contributed by atoms with van der Waals surface area (Å²) in [6, 6.07) is 0.